The van der Waals surface area contributed by atoms with Crippen molar-refractivity contribution >= 4 is 38.0 Å². The molecule has 3 aromatic rings. The van der Waals surface area contributed by atoms with Gasteiger partial charge in [-0.05, 0) is 53.3 Å². The second-order valence-corrected chi connectivity index (χ2v) is 7.68. The number of nitrogens with two attached hydrogens (primary N) is 1. The van der Waals surface area contributed by atoms with Crippen LogP contribution in [0.15, 0.2) is 53.0 Å². The molecule has 1 aromatic heterocycles. The maximum Gasteiger partial charge on any atom is 0.0418 e. The smallest absolute Gasteiger partial charge is 0.0418 e. The first-order chi connectivity index (χ1) is 10.2. The van der Waals surface area contributed by atoms with Gasteiger partial charge in [-0.3, -0.25) is 0 Å². The first-order valence-corrected chi connectivity index (χ1v) is 8.88. The monoisotopic (exact) mass is 357 g/mol. The van der Waals surface area contributed by atoms with E-state index in [-0.39, 0.29) is 6.04 Å². The molecule has 0 aliphatic heterocycles. The molecular formula is C18H16BrNS. The van der Waals surface area contributed by atoms with Crippen molar-refractivity contribution in [2.45, 2.75) is 18.9 Å². The summed E-state index contributed by atoms with van der Waals surface area (Å²) in [4.78, 5) is 2.63. The molecule has 3 heteroatoms. The highest BCUT2D eigenvalue weighted by Crippen LogP contribution is 2.44. The van der Waals surface area contributed by atoms with Gasteiger partial charge in [0.15, 0.2) is 0 Å². The average Bonchev–Trinajstić information content (AvgIpc) is 3.25. The van der Waals surface area contributed by atoms with Crippen molar-refractivity contribution in [3.8, 4) is 10.4 Å². The highest BCUT2D eigenvalue weighted by atomic mass is 79.9. The van der Waals surface area contributed by atoms with E-state index in [1.165, 1.54) is 38.9 Å². The molecule has 2 N–H and O–H groups in total. The Labute approximate surface area is 136 Å². The molecule has 0 bridgehead atoms. The van der Waals surface area contributed by atoms with Crippen molar-refractivity contribution in [3.63, 3.8) is 0 Å². The zero-order chi connectivity index (χ0) is 14.4. The lowest BCUT2D eigenvalue weighted by Crippen LogP contribution is -2.10. The van der Waals surface area contributed by atoms with E-state index >= 15 is 0 Å². The summed E-state index contributed by atoms with van der Waals surface area (Å²) >= 11 is 5.49. The summed E-state index contributed by atoms with van der Waals surface area (Å²) in [6.07, 6.45) is 2.57. The Morgan fingerprint density at radius 3 is 2.52 bits per heavy atom. The summed E-state index contributed by atoms with van der Waals surface area (Å²) in [5, 5.41) is 2.55. The van der Waals surface area contributed by atoms with Crippen LogP contribution in [0.25, 0.3) is 21.2 Å². The van der Waals surface area contributed by atoms with Gasteiger partial charge in [-0.2, -0.15) is 0 Å². The van der Waals surface area contributed by atoms with Gasteiger partial charge in [0.1, 0.15) is 0 Å². The zero-order valence-corrected chi connectivity index (χ0v) is 14.0. The van der Waals surface area contributed by atoms with Crippen molar-refractivity contribution in [3.05, 3.63) is 57.9 Å². The van der Waals surface area contributed by atoms with Gasteiger partial charge < -0.3 is 5.73 Å². The Balaban J connectivity index is 1.81. The predicted molar refractivity (Wildman–Crippen MR) is 94.6 cm³/mol. The van der Waals surface area contributed by atoms with E-state index in [0.717, 1.165) is 4.47 Å². The Bertz CT molecular complexity index is 804. The SMILES string of the molecule is NC(c1ccc(-c2ccc(Br)c3ccccc23)s1)C1CC1. The maximum absolute atomic E-state index is 6.33. The van der Waals surface area contributed by atoms with E-state index in [4.69, 9.17) is 5.73 Å². The Morgan fingerprint density at radius 1 is 1.00 bits per heavy atom. The summed E-state index contributed by atoms with van der Waals surface area (Å²) < 4.78 is 1.15. The topological polar surface area (TPSA) is 26.0 Å². The third-order valence-electron chi connectivity index (χ3n) is 4.22. The van der Waals surface area contributed by atoms with Gasteiger partial charge >= 0.3 is 0 Å². The Morgan fingerprint density at radius 2 is 1.76 bits per heavy atom. The van der Waals surface area contributed by atoms with Crippen LogP contribution >= 0.6 is 27.3 Å². The van der Waals surface area contributed by atoms with Crippen molar-refractivity contribution in [1.29, 1.82) is 0 Å². The largest absolute Gasteiger partial charge is 0.323 e. The van der Waals surface area contributed by atoms with Crippen LogP contribution in [-0.4, -0.2) is 0 Å². The van der Waals surface area contributed by atoms with Gasteiger partial charge in [-0.25, -0.2) is 0 Å². The van der Waals surface area contributed by atoms with Gasteiger partial charge in [0.2, 0.25) is 0 Å². The summed E-state index contributed by atoms with van der Waals surface area (Å²) in [7, 11) is 0. The van der Waals surface area contributed by atoms with Crippen LogP contribution < -0.4 is 5.73 Å². The van der Waals surface area contributed by atoms with Crippen molar-refractivity contribution in [2.75, 3.05) is 0 Å². The molecule has 106 valence electrons. The van der Waals surface area contributed by atoms with Crippen LogP contribution in [0.2, 0.25) is 0 Å². The number of fused-ring (bicyclic) bond motifs is 1. The van der Waals surface area contributed by atoms with Gasteiger partial charge in [0.25, 0.3) is 0 Å². The number of benzene rings is 2. The van der Waals surface area contributed by atoms with Gasteiger partial charge in [0, 0.05) is 20.3 Å². The summed E-state index contributed by atoms with van der Waals surface area (Å²) in [6.45, 7) is 0. The van der Waals surface area contributed by atoms with E-state index in [0.29, 0.717) is 5.92 Å². The molecule has 1 unspecified atom stereocenters. The molecule has 0 amide bonds. The van der Waals surface area contributed by atoms with E-state index in [1.807, 2.05) is 11.3 Å². The van der Waals surface area contributed by atoms with Crippen LogP contribution in [0.4, 0.5) is 0 Å². The first kappa shape index (κ1) is 13.5. The highest BCUT2D eigenvalue weighted by Gasteiger charge is 2.30. The summed E-state index contributed by atoms with van der Waals surface area (Å²) in [5.74, 6) is 0.707. The molecule has 1 fully saturated rings. The second kappa shape index (κ2) is 5.24. The predicted octanol–water partition coefficient (Wildman–Crippen LogP) is 5.74. The van der Waals surface area contributed by atoms with Crippen molar-refractivity contribution < 1.29 is 0 Å². The number of thiophene rings is 1. The molecule has 1 atom stereocenters. The molecular weight excluding hydrogens is 342 g/mol. The molecule has 1 aliphatic carbocycles. The fraction of sp³-hybridized carbons (Fsp3) is 0.222. The highest BCUT2D eigenvalue weighted by molar-refractivity contribution is 9.10. The fourth-order valence-corrected chi connectivity index (χ4v) is 4.46. The second-order valence-electron chi connectivity index (χ2n) is 5.71. The van der Waals surface area contributed by atoms with Gasteiger partial charge in [0.05, 0.1) is 0 Å². The molecule has 1 heterocycles. The van der Waals surface area contributed by atoms with Crippen LogP contribution in [0.5, 0.6) is 0 Å². The average molecular weight is 358 g/mol. The van der Waals surface area contributed by atoms with Crippen molar-refractivity contribution in [2.24, 2.45) is 11.7 Å². The summed E-state index contributed by atoms with van der Waals surface area (Å²) in [5.41, 5.74) is 7.63. The molecule has 4 rings (SSSR count). The van der Waals surface area contributed by atoms with E-state index < -0.39 is 0 Å². The Hall–Kier alpha value is -1.16. The van der Waals surface area contributed by atoms with Crippen LogP contribution in [0.1, 0.15) is 23.8 Å². The third-order valence-corrected chi connectivity index (χ3v) is 6.13. The zero-order valence-electron chi connectivity index (χ0n) is 11.6. The van der Waals surface area contributed by atoms with Crippen LogP contribution in [0, 0.1) is 5.92 Å². The molecule has 21 heavy (non-hydrogen) atoms. The standard InChI is InChI=1S/C18H16BrNS/c19-15-8-7-14(12-3-1-2-4-13(12)15)16-9-10-17(21-16)18(20)11-5-6-11/h1-4,7-11,18H,5-6,20H2. The molecule has 0 spiro atoms. The lowest BCUT2D eigenvalue weighted by atomic mass is 10.0. The van der Waals surface area contributed by atoms with E-state index in [9.17, 15) is 0 Å². The number of halogens is 1. The van der Waals surface area contributed by atoms with Gasteiger partial charge in [-0.1, -0.05) is 46.3 Å². The molecule has 2 aromatic carbocycles. The maximum atomic E-state index is 6.33. The first-order valence-electron chi connectivity index (χ1n) is 7.27. The van der Waals surface area contributed by atoms with Gasteiger partial charge in [-0.15, -0.1) is 11.3 Å². The molecule has 0 saturated heterocycles. The number of hydrogen-bond donors (Lipinski definition) is 1. The minimum absolute atomic E-state index is 0.227. The Kier molecular flexibility index (Phi) is 3.37. The minimum atomic E-state index is 0.227. The third kappa shape index (κ3) is 2.44. The molecule has 1 saturated carbocycles. The quantitative estimate of drug-likeness (QED) is 0.635. The normalized spacial score (nSPS) is 16.3. The molecule has 1 nitrogen and oxygen atoms in total. The summed E-state index contributed by atoms with van der Waals surface area (Å²) in [6, 6.07) is 17.5. The molecule has 0 radical (unpaired) electrons. The van der Waals surface area contributed by atoms with Crippen LogP contribution in [-0.2, 0) is 0 Å². The number of hydrogen-bond acceptors (Lipinski definition) is 2. The van der Waals surface area contributed by atoms with Crippen molar-refractivity contribution in [1.82, 2.24) is 0 Å². The lowest BCUT2D eigenvalue weighted by molar-refractivity contribution is 0.645. The van der Waals surface area contributed by atoms with E-state index in [1.54, 1.807) is 0 Å². The van der Waals surface area contributed by atoms with E-state index in [2.05, 4.69) is 64.5 Å². The fourth-order valence-electron chi connectivity index (χ4n) is 2.84. The number of rotatable bonds is 3. The molecule has 1 aliphatic rings. The van der Waals surface area contributed by atoms with Crippen LogP contribution in [0.3, 0.4) is 0 Å². The lowest BCUT2D eigenvalue weighted by Gasteiger charge is -2.08. The minimum Gasteiger partial charge on any atom is -0.323 e.